The van der Waals surface area contributed by atoms with E-state index < -0.39 is 24.3 Å². The number of esters is 1. The van der Waals surface area contributed by atoms with E-state index in [0.717, 1.165) is 12.8 Å². The highest BCUT2D eigenvalue weighted by Gasteiger charge is 2.39. The molecule has 0 unspecified atom stereocenters. The van der Waals surface area contributed by atoms with Gasteiger partial charge >= 0.3 is 5.97 Å². The van der Waals surface area contributed by atoms with E-state index in [1.807, 2.05) is 24.3 Å². The van der Waals surface area contributed by atoms with Gasteiger partial charge in [-0.1, -0.05) is 29.8 Å². The normalized spacial score (nSPS) is 24.7. The van der Waals surface area contributed by atoms with Crippen molar-refractivity contribution < 1.29 is 24.5 Å². The lowest BCUT2D eigenvalue weighted by atomic mass is 9.89. The van der Waals surface area contributed by atoms with Crippen molar-refractivity contribution in [1.82, 2.24) is 4.98 Å². The Morgan fingerprint density at radius 1 is 1.14 bits per heavy atom. The van der Waals surface area contributed by atoms with E-state index in [0.29, 0.717) is 24.5 Å². The van der Waals surface area contributed by atoms with Gasteiger partial charge in [0.1, 0.15) is 17.9 Å². The Balaban J connectivity index is 1.47. The van der Waals surface area contributed by atoms with Crippen LogP contribution in [-0.4, -0.2) is 52.2 Å². The first-order valence-electron chi connectivity index (χ1n) is 9.37. The lowest BCUT2D eigenvalue weighted by molar-refractivity contribution is -0.134. The molecular weight excluding hydrogens is 382 g/mol. The van der Waals surface area contributed by atoms with Crippen molar-refractivity contribution >= 4 is 17.6 Å². The van der Waals surface area contributed by atoms with Gasteiger partial charge < -0.3 is 19.7 Å². The number of nitrogens with zero attached hydrogens (tertiary/aromatic N) is 1. The summed E-state index contributed by atoms with van der Waals surface area (Å²) in [5.74, 6) is -0.625. The van der Waals surface area contributed by atoms with E-state index in [1.54, 1.807) is 18.2 Å². The highest BCUT2D eigenvalue weighted by atomic mass is 35.5. The zero-order valence-electron chi connectivity index (χ0n) is 15.4. The molecule has 0 bridgehead atoms. The fourth-order valence-corrected chi connectivity index (χ4v) is 3.39. The molecule has 2 aromatic rings. The zero-order chi connectivity index (χ0) is 19.9. The summed E-state index contributed by atoms with van der Waals surface area (Å²) in [6.07, 6.45) is 0.539. The quantitative estimate of drug-likeness (QED) is 0.544. The van der Waals surface area contributed by atoms with Crippen LogP contribution in [0.4, 0.5) is 0 Å². The number of benzene rings is 1. The molecule has 4 atom stereocenters. The zero-order valence-corrected chi connectivity index (χ0v) is 16.2. The van der Waals surface area contributed by atoms with E-state index in [4.69, 9.17) is 21.1 Å². The number of carbonyl (C=O) groups excluding carboxylic acids is 1. The van der Waals surface area contributed by atoms with Gasteiger partial charge in [-0.3, -0.25) is 0 Å². The third-order valence-corrected chi connectivity index (χ3v) is 5.04. The summed E-state index contributed by atoms with van der Waals surface area (Å²) in [6, 6.07) is 12.6. The van der Waals surface area contributed by atoms with Crippen LogP contribution in [0.15, 0.2) is 48.7 Å². The van der Waals surface area contributed by atoms with Crippen LogP contribution in [0.5, 0.6) is 0 Å². The van der Waals surface area contributed by atoms with Crippen molar-refractivity contribution in [3.05, 3.63) is 64.9 Å². The third-order valence-electron chi connectivity index (χ3n) is 4.78. The predicted molar refractivity (Wildman–Crippen MR) is 104 cm³/mol. The molecule has 0 saturated heterocycles. The first-order valence-corrected chi connectivity index (χ1v) is 9.75. The highest BCUT2D eigenvalue weighted by molar-refractivity contribution is 6.30. The average Bonchev–Trinajstić information content (AvgIpc) is 2.71. The molecule has 1 aromatic carbocycles. The third kappa shape index (κ3) is 5.75. The molecule has 6 nitrogen and oxygen atoms in total. The van der Waals surface area contributed by atoms with Crippen molar-refractivity contribution in [1.29, 1.82) is 0 Å². The number of ether oxygens (including phenoxy) is 2. The number of aliphatic hydroxyl groups excluding tert-OH is 2. The maximum Gasteiger partial charge on any atom is 0.357 e. The van der Waals surface area contributed by atoms with Crippen LogP contribution in [-0.2, 0) is 15.9 Å². The van der Waals surface area contributed by atoms with Gasteiger partial charge in [0.25, 0.3) is 0 Å². The second kappa shape index (κ2) is 9.98. The van der Waals surface area contributed by atoms with Crippen LogP contribution in [0.25, 0.3) is 0 Å². The number of halogens is 1. The van der Waals surface area contributed by atoms with Gasteiger partial charge in [-0.15, -0.1) is 0 Å². The molecule has 2 N–H and O–H groups in total. The van der Waals surface area contributed by atoms with E-state index >= 15 is 0 Å². The fraction of sp³-hybridized carbons (Fsp3) is 0.429. The van der Waals surface area contributed by atoms with Crippen LogP contribution in [0, 0.1) is 0 Å². The van der Waals surface area contributed by atoms with Crippen molar-refractivity contribution in [2.45, 2.75) is 50.1 Å². The average molecular weight is 406 g/mol. The lowest BCUT2D eigenvalue weighted by Gasteiger charge is -2.36. The number of hydrogen-bond acceptors (Lipinski definition) is 6. The Kier molecular flexibility index (Phi) is 7.39. The minimum Gasteiger partial charge on any atom is -0.455 e. The molecule has 1 fully saturated rings. The van der Waals surface area contributed by atoms with Crippen LogP contribution in [0.2, 0.25) is 5.02 Å². The molecule has 7 heteroatoms. The fourth-order valence-electron chi connectivity index (χ4n) is 3.26. The minimum atomic E-state index is -1.14. The topological polar surface area (TPSA) is 88.9 Å². The standard InChI is InChI=1S/C21H24ClNO5/c22-15-8-6-14(7-9-15)4-3-11-27-16-12-18(24)20(25)19(13-16)28-21(26)17-5-1-2-10-23-17/h1-2,5-10,16,18-20,24-25H,3-4,11-13H2/t16-,18-,19+,20+/m0/s1. The number of aliphatic hydroxyl groups is 2. The molecule has 0 amide bonds. The number of pyridine rings is 1. The molecule has 0 spiro atoms. The monoisotopic (exact) mass is 405 g/mol. The SMILES string of the molecule is O=C(O[C@@H]1C[C@@H](OCCCc2ccc(Cl)cc2)C[C@H](O)[C@H]1O)c1ccccn1. The van der Waals surface area contributed by atoms with Crippen LogP contribution in [0.3, 0.4) is 0 Å². The number of aromatic nitrogens is 1. The van der Waals surface area contributed by atoms with Gasteiger partial charge in [-0.25, -0.2) is 9.78 Å². The predicted octanol–water partition coefficient (Wildman–Crippen LogP) is 2.79. The Labute approximate surface area is 169 Å². The van der Waals surface area contributed by atoms with Gasteiger partial charge in [0.05, 0.1) is 12.2 Å². The maximum atomic E-state index is 12.2. The maximum absolute atomic E-state index is 12.2. The molecule has 1 saturated carbocycles. The van der Waals surface area contributed by atoms with Gasteiger partial charge in [0.2, 0.25) is 0 Å². The van der Waals surface area contributed by atoms with Crippen molar-refractivity contribution in [2.75, 3.05) is 6.61 Å². The van der Waals surface area contributed by atoms with Crippen molar-refractivity contribution in [3.63, 3.8) is 0 Å². The Bertz CT molecular complexity index is 755. The Hall–Kier alpha value is -1.99. The molecule has 1 heterocycles. The molecule has 28 heavy (non-hydrogen) atoms. The summed E-state index contributed by atoms with van der Waals surface area (Å²) in [7, 11) is 0. The summed E-state index contributed by atoms with van der Waals surface area (Å²) < 4.78 is 11.2. The first kappa shape index (κ1) is 20.7. The van der Waals surface area contributed by atoms with Crippen molar-refractivity contribution in [2.24, 2.45) is 0 Å². The molecule has 0 aliphatic heterocycles. The first-order chi connectivity index (χ1) is 13.5. The van der Waals surface area contributed by atoms with E-state index in [2.05, 4.69) is 4.98 Å². The van der Waals surface area contributed by atoms with Crippen molar-refractivity contribution in [3.8, 4) is 0 Å². The van der Waals surface area contributed by atoms with Crippen LogP contribution >= 0.6 is 11.6 Å². The molecule has 3 rings (SSSR count). The Morgan fingerprint density at radius 3 is 2.64 bits per heavy atom. The molecule has 1 aliphatic carbocycles. The van der Waals surface area contributed by atoms with Gasteiger partial charge in [0, 0.05) is 30.7 Å². The van der Waals surface area contributed by atoms with E-state index in [-0.39, 0.29) is 11.8 Å². The molecule has 1 aliphatic rings. The molecule has 0 radical (unpaired) electrons. The second-order valence-corrected chi connectivity index (χ2v) is 7.35. The number of aryl methyl sites for hydroxylation is 1. The van der Waals surface area contributed by atoms with Gasteiger partial charge in [-0.05, 0) is 42.7 Å². The molecule has 1 aromatic heterocycles. The van der Waals surface area contributed by atoms with E-state index in [9.17, 15) is 15.0 Å². The molecule has 150 valence electrons. The van der Waals surface area contributed by atoms with Crippen LogP contribution in [0.1, 0.15) is 35.3 Å². The highest BCUT2D eigenvalue weighted by Crippen LogP contribution is 2.26. The Morgan fingerprint density at radius 2 is 1.93 bits per heavy atom. The number of rotatable bonds is 7. The van der Waals surface area contributed by atoms with Crippen LogP contribution < -0.4 is 0 Å². The lowest BCUT2D eigenvalue weighted by Crippen LogP contribution is -2.49. The van der Waals surface area contributed by atoms with Gasteiger partial charge in [0.15, 0.2) is 0 Å². The molecular formula is C21H24ClNO5. The summed E-state index contributed by atoms with van der Waals surface area (Å²) in [5.41, 5.74) is 1.34. The summed E-state index contributed by atoms with van der Waals surface area (Å²) in [6.45, 7) is 0.511. The van der Waals surface area contributed by atoms with E-state index in [1.165, 1.54) is 11.8 Å². The van der Waals surface area contributed by atoms with Gasteiger partial charge in [-0.2, -0.15) is 0 Å². The summed E-state index contributed by atoms with van der Waals surface area (Å²) in [4.78, 5) is 16.1. The largest absolute Gasteiger partial charge is 0.455 e. The summed E-state index contributed by atoms with van der Waals surface area (Å²) >= 11 is 5.88. The minimum absolute atomic E-state index is 0.162. The summed E-state index contributed by atoms with van der Waals surface area (Å²) in [5, 5.41) is 21.0. The second-order valence-electron chi connectivity index (χ2n) is 6.91. The number of hydrogen-bond donors (Lipinski definition) is 2. The smallest absolute Gasteiger partial charge is 0.357 e. The number of carbonyl (C=O) groups is 1.